The number of benzene rings is 1. The van der Waals surface area contributed by atoms with Gasteiger partial charge in [0.25, 0.3) is 5.91 Å². The normalized spacial score (nSPS) is 15.1. The second kappa shape index (κ2) is 8.62. The molecular weight excluding hydrogens is 320 g/mol. The summed E-state index contributed by atoms with van der Waals surface area (Å²) in [5, 5.41) is 2.79. The van der Waals surface area contributed by atoms with Crippen molar-refractivity contribution in [2.75, 3.05) is 32.7 Å². The number of nitrogens with zero attached hydrogens (tertiary/aromatic N) is 1. The van der Waals surface area contributed by atoms with Gasteiger partial charge in [0.05, 0.1) is 13.0 Å². The highest BCUT2D eigenvalue weighted by Crippen LogP contribution is 2.17. The summed E-state index contributed by atoms with van der Waals surface area (Å²) in [6.45, 7) is 1.40. The highest BCUT2D eigenvalue weighted by atomic mass is 35.5. The quantitative estimate of drug-likeness (QED) is 0.835. The van der Waals surface area contributed by atoms with E-state index >= 15 is 0 Å². The summed E-state index contributed by atoms with van der Waals surface area (Å²) in [5.74, 6) is 0.998. The molecule has 6 nitrogen and oxygen atoms in total. The molecule has 0 spiro atoms. The standard InChI is InChI=1S/C16H21ClN2O4/c1-22-14-4-2-12(3-5-14)15(20)19-9-6-13(7-10-19)18-16(21)23-11-8-17/h2-5,13H,6-11H2,1H3,(H,18,21). The summed E-state index contributed by atoms with van der Waals surface area (Å²) >= 11 is 5.46. The number of amides is 2. The van der Waals surface area contributed by atoms with Crippen LogP contribution in [0.5, 0.6) is 5.75 Å². The molecule has 0 saturated carbocycles. The Balaban J connectivity index is 1.81. The van der Waals surface area contributed by atoms with Crippen molar-refractivity contribution < 1.29 is 19.1 Å². The predicted octanol–water partition coefficient (Wildman–Crippen LogP) is 2.26. The summed E-state index contributed by atoms with van der Waals surface area (Å²) in [6.07, 6.45) is 0.959. The van der Waals surface area contributed by atoms with Crippen LogP contribution in [0, 0.1) is 0 Å². The van der Waals surface area contributed by atoms with E-state index in [1.54, 1.807) is 36.3 Å². The Kier molecular flexibility index (Phi) is 6.52. The number of methoxy groups -OCH3 is 1. The number of nitrogens with one attached hydrogen (secondary N) is 1. The zero-order valence-corrected chi connectivity index (χ0v) is 13.8. The lowest BCUT2D eigenvalue weighted by molar-refractivity contribution is 0.0702. The minimum Gasteiger partial charge on any atom is -0.497 e. The van der Waals surface area contributed by atoms with Gasteiger partial charge in [-0.1, -0.05) is 0 Å². The van der Waals surface area contributed by atoms with E-state index in [4.69, 9.17) is 21.1 Å². The number of halogens is 1. The minimum absolute atomic E-state index is 0.00387. The lowest BCUT2D eigenvalue weighted by atomic mass is 10.0. The maximum atomic E-state index is 12.4. The molecule has 1 aromatic rings. The van der Waals surface area contributed by atoms with E-state index < -0.39 is 6.09 Å². The fourth-order valence-electron chi connectivity index (χ4n) is 2.48. The zero-order chi connectivity index (χ0) is 16.7. The van der Waals surface area contributed by atoms with Gasteiger partial charge in [-0.15, -0.1) is 11.6 Å². The number of piperidine rings is 1. The zero-order valence-electron chi connectivity index (χ0n) is 13.1. The molecule has 7 heteroatoms. The number of rotatable bonds is 5. The molecule has 1 heterocycles. The Labute approximate surface area is 140 Å². The lowest BCUT2D eigenvalue weighted by Crippen LogP contribution is -2.46. The highest BCUT2D eigenvalue weighted by Gasteiger charge is 2.24. The van der Waals surface area contributed by atoms with Gasteiger partial charge >= 0.3 is 6.09 Å². The second-order valence-corrected chi connectivity index (χ2v) is 5.64. The molecule has 1 saturated heterocycles. The van der Waals surface area contributed by atoms with Crippen molar-refractivity contribution in [2.24, 2.45) is 0 Å². The van der Waals surface area contributed by atoms with Crippen molar-refractivity contribution in [3.05, 3.63) is 29.8 Å². The number of likely N-dealkylation sites (tertiary alicyclic amines) is 1. The van der Waals surface area contributed by atoms with Gasteiger partial charge in [0.1, 0.15) is 12.4 Å². The molecule has 0 unspecified atom stereocenters. The maximum absolute atomic E-state index is 12.4. The topological polar surface area (TPSA) is 67.9 Å². The van der Waals surface area contributed by atoms with Gasteiger partial charge < -0.3 is 19.7 Å². The summed E-state index contributed by atoms with van der Waals surface area (Å²) < 4.78 is 9.97. The number of carbonyl (C=O) groups is 2. The third kappa shape index (κ3) is 5.03. The minimum atomic E-state index is -0.453. The van der Waals surface area contributed by atoms with Gasteiger partial charge in [0, 0.05) is 24.7 Å². The van der Waals surface area contributed by atoms with Gasteiger partial charge in [0.2, 0.25) is 0 Å². The van der Waals surface area contributed by atoms with Gasteiger partial charge in [-0.05, 0) is 37.1 Å². The van der Waals surface area contributed by atoms with E-state index in [9.17, 15) is 9.59 Å². The SMILES string of the molecule is COc1ccc(C(=O)N2CCC(NC(=O)OCCCl)CC2)cc1. The molecule has 1 fully saturated rings. The number of carbonyl (C=O) groups excluding carboxylic acids is 2. The first-order valence-corrected chi connectivity index (χ1v) is 8.10. The Morgan fingerprint density at radius 3 is 2.48 bits per heavy atom. The average molecular weight is 341 g/mol. The molecule has 126 valence electrons. The predicted molar refractivity (Wildman–Crippen MR) is 87.1 cm³/mol. The molecular formula is C16H21ClN2O4. The maximum Gasteiger partial charge on any atom is 0.407 e. The van der Waals surface area contributed by atoms with Crippen LogP contribution in [0.4, 0.5) is 4.79 Å². The summed E-state index contributed by atoms with van der Waals surface area (Å²) in [4.78, 5) is 25.7. The van der Waals surface area contributed by atoms with E-state index in [1.807, 2.05) is 0 Å². The van der Waals surface area contributed by atoms with Crippen LogP contribution in [0.3, 0.4) is 0 Å². The molecule has 1 aromatic carbocycles. The van der Waals surface area contributed by atoms with Crippen molar-refractivity contribution in [3.8, 4) is 5.75 Å². The summed E-state index contributed by atoms with van der Waals surface area (Å²) in [7, 11) is 1.59. The lowest BCUT2D eigenvalue weighted by Gasteiger charge is -2.32. The molecule has 0 aromatic heterocycles. The number of hydrogen-bond donors (Lipinski definition) is 1. The van der Waals surface area contributed by atoms with Crippen molar-refractivity contribution >= 4 is 23.6 Å². The van der Waals surface area contributed by atoms with E-state index in [0.29, 0.717) is 31.5 Å². The second-order valence-electron chi connectivity index (χ2n) is 5.26. The van der Waals surface area contributed by atoms with Crippen LogP contribution < -0.4 is 10.1 Å². The molecule has 0 bridgehead atoms. The first-order valence-electron chi connectivity index (χ1n) is 7.56. The summed E-state index contributed by atoms with van der Waals surface area (Å²) in [6, 6.07) is 7.09. The van der Waals surface area contributed by atoms with Crippen LogP contribution >= 0.6 is 11.6 Å². The first kappa shape index (κ1) is 17.4. The van der Waals surface area contributed by atoms with Gasteiger partial charge in [-0.25, -0.2) is 4.79 Å². The van der Waals surface area contributed by atoms with Crippen LogP contribution in [-0.2, 0) is 4.74 Å². The summed E-state index contributed by atoms with van der Waals surface area (Å²) in [5.41, 5.74) is 0.638. The Hall–Kier alpha value is -1.95. The monoisotopic (exact) mass is 340 g/mol. The first-order chi connectivity index (χ1) is 11.1. The molecule has 23 heavy (non-hydrogen) atoms. The molecule has 2 rings (SSSR count). The molecule has 2 amide bonds. The number of alkyl carbamates (subject to hydrolysis) is 1. The third-order valence-corrected chi connectivity index (χ3v) is 3.91. The number of hydrogen-bond acceptors (Lipinski definition) is 4. The van der Waals surface area contributed by atoms with Crippen LogP contribution in [0.1, 0.15) is 23.2 Å². The van der Waals surface area contributed by atoms with Crippen LogP contribution in [0.2, 0.25) is 0 Å². The molecule has 1 N–H and O–H groups in total. The Morgan fingerprint density at radius 1 is 1.26 bits per heavy atom. The van der Waals surface area contributed by atoms with Crippen molar-refractivity contribution in [3.63, 3.8) is 0 Å². The average Bonchev–Trinajstić information content (AvgIpc) is 2.60. The van der Waals surface area contributed by atoms with Crippen LogP contribution in [0.25, 0.3) is 0 Å². The number of ether oxygens (including phenoxy) is 2. The highest BCUT2D eigenvalue weighted by molar-refractivity contribution is 6.18. The molecule has 0 atom stereocenters. The fourth-order valence-corrected chi connectivity index (χ4v) is 2.56. The van der Waals surface area contributed by atoms with Gasteiger partial charge in [-0.2, -0.15) is 0 Å². The largest absolute Gasteiger partial charge is 0.497 e. The van der Waals surface area contributed by atoms with Crippen LogP contribution in [0.15, 0.2) is 24.3 Å². The molecule has 1 aliphatic heterocycles. The van der Waals surface area contributed by atoms with E-state index in [1.165, 1.54) is 0 Å². The molecule has 1 aliphatic rings. The van der Waals surface area contributed by atoms with E-state index in [0.717, 1.165) is 5.75 Å². The molecule has 0 aliphatic carbocycles. The molecule has 0 radical (unpaired) electrons. The Bertz CT molecular complexity index is 527. The smallest absolute Gasteiger partial charge is 0.407 e. The van der Waals surface area contributed by atoms with Crippen LogP contribution in [-0.4, -0.2) is 55.6 Å². The fraction of sp³-hybridized carbons (Fsp3) is 0.500. The van der Waals surface area contributed by atoms with E-state index in [2.05, 4.69) is 5.32 Å². The van der Waals surface area contributed by atoms with Crippen molar-refractivity contribution in [2.45, 2.75) is 18.9 Å². The Morgan fingerprint density at radius 2 is 1.91 bits per heavy atom. The number of alkyl halides is 1. The van der Waals surface area contributed by atoms with Crippen molar-refractivity contribution in [1.29, 1.82) is 0 Å². The van der Waals surface area contributed by atoms with Crippen molar-refractivity contribution in [1.82, 2.24) is 10.2 Å². The van der Waals surface area contributed by atoms with E-state index in [-0.39, 0.29) is 24.4 Å². The third-order valence-electron chi connectivity index (χ3n) is 3.75. The van der Waals surface area contributed by atoms with Gasteiger partial charge in [-0.3, -0.25) is 4.79 Å². The van der Waals surface area contributed by atoms with Gasteiger partial charge in [0.15, 0.2) is 0 Å².